The summed E-state index contributed by atoms with van der Waals surface area (Å²) in [5.41, 5.74) is 9.00. The summed E-state index contributed by atoms with van der Waals surface area (Å²) in [4.78, 5) is 21.1. The van der Waals surface area contributed by atoms with Crippen molar-refractivity contribution in [1.29, 1.82) is 0 Å². The second kappa shape index (κ2) is 6.52. The quantitative estimate of drug-likeness (QED) is 0.876. The van der Waals surface area contributed by atoms with Gasteiger partial charge in [0.05, 0.1) is 25.5 Å². The van der Waals surface area contributed by atoms with Crippen LogP contribution in [0.2, 0.25) is 0 Å². The minimum atomic E-state index is -0.153. The minimum absolute atomic E-state index is 0.153. The lowest BCUT2D eigenvalue weighted by Gasteiger charge is -2.28. The lowest BCUT2D eigenvalue weighted by Crippen LogP contribution is -2.35. The number of fused-ring (bicyclic) bond motifs is 1. The SMILES string of the molecule is COc1ccc(CN2CCc3nc(N)[nH]c(=O)c3C2)c(OC)c1C. The molecule has 0 fully saturated rings. The van der Waals surface area contributed by atoms with Crippen LogP contribution < -0.4 is 20.8 Å². The number of nitrogen functional groups attached to an aromatic ring is 1. The van der Waals surface area contributed by atoms with Crippen molar-refractivity contribution < 1.29 is 9.47 Å². The highest BCUT2D eigenvalue weighted by molar-refractivity contribution is 5.49. The van der Waals surface area contributed by atoms with Crippen molar-refractivity contribution in [3.05, 3.63) is 44.9 Å². The van der Waals surface area contributed by atoms with Crippen molar-refractivity contribution in [3.63, 3.8) is 0 Å². The molecule has 0 spiro atoms. The molecule has 1 aromatic carbocycles. The van der Waals surface area contributed by atoms with Gasteiger partial charge in [-0.15, -0.1) is 0 Å². The smallest absolute Gasteiger partial charge is 0.257 e. The first-order valence-corrected chi connectivity index (χ1v) is 7.83. The third-order valence-corrected chi connectivity index (χ3v) is 4.42. The predicted octanol–water partition coefficient (Wildman–Crippen LogP) is 1.24. The fourth-order valence-corrected chi connectivity index (χ4v) is 3.24. The summed E-state index contributed by atoms with van der Waals surface area (Å²) in [6.07, 6.45) is 0.709. The highest BCUT2D eigenvalue weighted by atomic mass is 16.5. The molecule has 0 unspecified atom stereocenters. The van der Waals surface area contributed by atoms with E-state index in [0.29, 0.717) is 25.1 Å². The monoisotopic (exact) mass is 330 g/mol. The number of nitrogens with two attached hydrogens (primary N) is 1. The highest BCUT2D eigenvalue weighted by Gasteiger charge is 2.22. The number of aromatic amines is 1. The van der Waals surface area contributed by atoms with Crippen LogP contribution in [0.1, 0.15) is 22.4 Å². The van der Waals surface area contributed by atoms with Gasteiger partial charge in [-0.3, -0.25) is 14.7 Å². The number of rotatable bonds is 4. The molecule has 128 valence electrons. The molecule has 0 saturated carbocycles. The molecule has 0 saturated heterocycles. The van der Waals surface area contributed by atoms with Gasteiger partial charge in [-0.1, -0.05) is 6.07 Å². The van der Waals surface area contributed by atoms with Gasteiger partial charge in [-0.2, -0.15) is 0 Å². The van der Waals surface area contributed by atoms with Crippen molar-refractivity contribution in [2.24, 2.45) is 0 Å². The molecule has 0 atom stereocenters. The Kier molecular flexibility index (Phi) is 4.44. The molecule has 1 aromatic heterocycles. The molecule has 0 radical (unpaired) electrons. The average Bonchev–Trinajstić information content (AvgIpc) is 2.56. The van der Waals surface area contributed by atoms with E-state index in [4.69, 9.17) is 15.2 Å². The Balaban J connectivity index is 1.85. The van der Waals surface area contributed by atoms with Crippen molar-refractivity contribution >= 4 is 5.95 Å². The van der Waals surface area contributed by atoms with Crippen molar-refractivity contribution in [2.45, 2.75) is 26.4 Å². The van der Waals surface area contributed by atoms with Crippen LogP contribution in [0.15, 0.2) is 16.9 Å². The maximum absolute atomic E-state index is 12.1. The molecule has 0 bridgehead atoms. The Morgan fingerprint density at radius 2 is 2.12 bits per heavy atom. The summed E-state index contributed by atoms with van der Waals surface area (Å²) in [6, 6.07) is 3.95. The van der Waals surface area contributed by atoms with Gasteiger partial charge in [0.25, 0.3) is 5.56 Å². The first-order valence-electron chi connectivity index (χ1n) is 7.83. The maximum atomic E-state index is 12.1. The zero-order valence-corrected chi connectivity index (χ0v) is 14.2. The van der Waals surface area contributed by atoms with E-state index in [-0.39, 0.29) is 11.5 Å². The van der Waals surface area contributed by atoms with Crippen LogP contribution in [-0.2, 0) is 19.5 Å². The number of anilines is 1. The number of benzene rings is 1. The van der Waals surface area contributed by atoms with E-state index in [0.717, 1.165) is 34.9 Å². The Bertz CT molecular complexity index is 816. The maximum Gasteiger partial charge on any atom is 0.257 e. The van der Waals surface area contributed by atoms with E-state index in [1.807, 2.05) is 19.1 Å². The molecular formula is C17H22N4O3. The molecule has 2 aromatic rings. The molecule has 0 amide bonds. The summed E-state index contributed by atoms with van der Waals surface area (Å²) in [7, 11) is 3.31. The van der Waals surface area contributed by atoms with E-state index >= 15 is 0 Å². The fraction of sp³-hybridized carbons (Fsp3) is 0.412. The van der Waals surface area contributed by atoms with Gasteiger partial charge in [-0.25, -0.2) is 4.98 Å². The Morgan fingerprint density at radius 3 is 2.83 bits per heavy atom. The molecule has 24 heavy (non-hydrogen) atoms. The van der Waals surface area contributed by atoms with Crippen LogP contribution in [0.25, 0.3) is 0 Å². The average molecular weight is 330 g/mol. The zero-order chi connectivity index (χ0) is 17.3. The number of nitrogens with zero attached hydrogens (tertiary/aromatic N) is 2. The summed E-state index contributed by atoms with van der Waals surface area (Å²) in [5, 5.41) is 0. The van der Waals surface area contributed by atoms with E-state index < -0.39 is 0 Å². The summed E-state index contributed by atoms with van der Waals surface area (Å²) in [5.74, 6) is 1.81. The minimum Gasteiger partial charge on any atom is -0.496 e. The van der Waals surface area contributed by atoms with Crippen LogP contribution in [0, 0.1) is 6.92 Å². The molecule has 0 aliphatic carbocycles. The van der Waals surface area contributed by atoms with Crippen molar-refractivity contribution in [1.82, 2.24) is 14.9 Å². The van der Waals surface area contributed by atoms with Gasteiger partial charge in [0, 0.05) is 37.2 Å². The van der Waals surface area contributed by atoms with Crippen LogP contribution in [0.3, 0.4) is 0 Å². The molecule has 3 rings (SSSR count). The molecule has 1 aliphatic heterocycles. The molecule has 7 heteroatoms. The number of aromatic nitrogens is 2. The Hall–Kier alpha value is -2.54. The lowest BCUT2D eigenvalue weighted by atomic mass is 10.0. The van der Waals surface area contributed by atoms with Crippen molar-refractivity contribution in [2.75, 3.05) is 26.5 Å². The van der Waals surface area contributed by atoms with Crippen LogP contribution >= 0.6 is 0 Å². The van der Waals surface area contributed by atoms with E-state index in [1.54, 1.807) is 14.2 Å². The van der Waals surface area contributed by atoms with Crippen molar-refractivity contribution in [3.8, 4) is 11.5 Å². The number of nitrogens with one attached hydrogen (secondary N) is 1. The molecule has 2 heterocycles. The topological polar surface area (TPSA) is 93.5 Å². The normalized spacial score (nSPS) is 14.3. The van der Waals surface area contributed by atoms with Gasteiger partial charge >= 0.3 is 0 Å². The second-order valence-electron chi connectivity index (χ2n) is 5.92. The Morgan fingerprint density at radius 1 is 1.33 bits per heavy atom. The number of H-pyrrole nitrogens is 1. The summed E-state index contributed by atoms with van der Waals surface area (Å²) in [6.45, 7) is 4.03. The predicted molar refractivity (Wildman–Crippen MR) is 91.4 cm³/mol. The Labute approximate surface area is 140 Å². The van der Waals surface area contributed by atoms with Gasteiger partial charge in [0.1, 0.15) is 11.5 Å². The largest absolute Gasteiger partial charge is 0.496 e. The second-order valence-corrected chi connectivity index (χ2v) is 5.92. The lowest BCUT2D eigenvalue weighted by molar-refractivity contribution is 0.238. The highest BCUT2D eigenvalue weighted by Crippen LogP contribution is 2.32. The molecule has 1 aliphatic rings. The first kappa shape index (κ1) is 16.3. The van der Waals surface area contributed by atoms with Crippen LogP contribution in [0.5, 0.6) is 11.5 Å². The zero-order valence-electron chi connectivity index (χ0n) is 14.2. The number of hydrogen-bond donors (Lipinski definition) is 2. The fourth-order valence-electron chi connectivity index (χ4n) is 3.24. The standard InChI is InChI=1S/C17H22N4O3/c1-10-14(23-2)5-4-11(15(10)24-3)8-21-7-6-13-12(9-21)16(22)20-17(18)19-13/h4-5H,6-9H2,1-3H3,(H3,18,19,20,22). The number of hydrogen-bond acceptors (Lipinski definition) is 6. The van der Waals surface area contributed by atoms with E-state index in [9.17, 15) is 4.79 Å². The van der Waals surface area contributed by atoms with Crippen LogP contribution in [0.4, 0.5) is 5.95 Å². The molecular weight excluding hydrogens is 308 g/mol. The van der Waals surface area contributed by atoms with Gasteiger partial charge < -0.3 is 15.2 Å². The van der Waals surface area contributed by atoms with Gasteiger partial charge in [0.2, 0.25) is 5.95 Å². The third kappa shape index (κ3) is 2.94. The third-order valence-electron chi connectivity index (χ3n) is 4.42. The van der Waals surface area contributed by atoms with Gasteiger partial charge in [-0.05, 0) is 13.0 Å². The number of methoxy groups -OCH3 is 2. The van der Waals surface area contributed by atoms with E-state index in [1.165, 1.54) is 0 Å². The summed E-state index contributed by atoms with van der Waals surface area (Å²) >= 11 is 0. The first-order chi connectivity index (χ1) is 11.5. The molecule has 7 nitrogen and oxygen atoms in total. The molecule has 3 N–H and O–H groups in total. The van der Waals surface area contributed by atoms with E-state index in [2.05, 4.69) is 14.9 Å². The van der Waals surface area contributed by atoms with Crippen LogP contribution in [-0.4, -0.2) is 35.6 Å². The summed E-state index contributed by atoms with van der Waals surface area (Å²) < 4.78 is 10.9. The number of ether oxygens (including phenoxy) is 2. The van der Waals surface area contributed by atoms with Gasteiger partial charge in [0.15, 0.2) is 0 Å².